The summed E-state index contributed by atoms with van der Waals surface area (Å²) in [5.74, 6) is 0.941. The minimum Gasteiger partial charge on any atom is -0.507 e. The van der Waals surface area contributed by atoms with Gasteiger partial charge in [-0.05, 0) is 49.5 Å². The molecule has 0 bridgehead atoms. The molecule has 1 saturated heterocycles. The van der Waals surface area contributed by atoms with E-state index in [-0.39, 0.29) is 39.8 Å². The molecule has 0 amide bonds. The summed E-state index contributed by atoms with van der Waals surface area (Å²) in [6, 6.07) is 29.5. The lowest BCUT2D eigenvalue weighted by molar-refractivity contribution is 0.159. The summed E-state index contributed by atoms with van der Waals surface area (Å²) in [6.07, 6.45) is -0.631. The van der Waals surface area contributed by atoms with Crippen molar-refractivity contribution in [3.05, 3.63) is 129 Å². The Hall–Kier alpha value is -3.17. The van der Waals surface area contributed by atoms with Gasteiger partial charge in [0, 0.05) is 22.6 Å². The third-order valence-corrected chi connectivity index (χ3v) is 10.8. The van der Waals surface area contributed by atoms with Crippen molar-refractivity contribution >= 4 is 8.60 Å². The Morgan fingerprint density at radius 1 is 0.571 bits per heavy atom. The molecule has 262 valence electrons. The molecule has 0 spiro atoms. The summed E-state index contributed by atoms with van der Waals surface area (Å²) < 4.78 is 20.5. The van der Waals surface area contributed by atoms with E-state index in [0.717, 1.165) is 39.1 Å². The van der Waals surface area contributed by atoms with Crippen LogP contribution in [0.25, 0.3) is 0 Å². The third kappa shape index (κ3) is 8.09. The van der Waals surface area contributed by atoms with Crippen molar-refractivity contribution < 1.29 is 18.7 Å². The molecule has 4 aromatic rings. The van der Waals surface area contributed by atoms with Crippen LogP contribution in [0, 0.1) is 0 Å². The van der Waals surface area contributed by atoms with Crippen LogP contribution >= 0.6 is 8.60 Å². The first-order chi connectivity index (χ1) is 22.7. The van der Waals surface area contributed by atoms with Crippen LogP contribution in [0.2, 0.25) is 0 Å². The number of benzene rings is 4. The predicted octanol–water partition coefficient (Wildman–Crippen LogP) is 12.9. The van der Waals surface area contributed by atoms with Crippen molar-refractivity contribution in [2.75, 3.05) is 0 Å². The maximum Gasteiger partial charge on any atom is 0.398 e. The zero-order valence-corrected chi connectivity index (χ0v) is 32.8. The van der Waals surface area contributed by atoms with Crippen LogP contribution in [-0.4, -0.2) is 5.11 Å². The minimum atomic E-state index is -1.78. The molecule has 1 fully saturated rings. The summed E-state index contributed by atoms with van der Waals surface area (Å²) >= 11 is 0. The summed E-state index contributed by atoms with van der Waals surface area (Å²) in [5, 5.41) is 12.0. The van der Waals surface area contributed by atoms with Gasteiger partial charge >= 0.3 is 8.60 Å². The predicted molar refractivity (Wildman–Crippen MR) is 205 cm³/mol. The van der Waals surface area contributed by atoms with E-state index in [9.17, 15) is 5.11 Å². The maximum absolute atomic E-state index is 12.0. The van der Waals surface area contributed by atoms with Crippen LogP contribution in [0.15, 0.2) is 84.9 Å². The lowest BCUT2D eigenvalue weighted by Gasteiger charge is -2.32. The second kappa shape index (κ2) is 13.5. The molecule has 49 heavy (non-hydrogen) atoms. The normalized spacial score (nSPS) is 19.6. The molecule has 4 nitrogen and oxygen atoms in total. The Morgan fingerprint density at radius 3 is 1.39 bits per heavy atom. The largest absolute Gasteiger partial charge is 0.507 e. The molecule has 1 aliphatic heterocycles. The van der Waals surface area contributed by atoms with E-state index in [4.69, 9.17) is 13.6 Å². The molecular formula is C44H57O4P. The number of hydrogen-bond donors (Lipinski definition) is 1. The van der Waals surface area contributed by atoms with Gasteiger partial charge in [-0.2, -0.15) is 0 Å². The molecule has 5 heteroatoms. The molecule has 4 aromatic carbocycles. The molecule has 1 N–H and O–H groups in total. The van der Waals surface area contributed by atoms with Crippen LogP contribution in [0.4, 0.5) is 0 Å². The lowest BCUT2D eigenvalue weighted by Crippen LogP contribution is -2.20. The van der Waals surface area contributed by atoms with Gasteiger partial charge in [-0.15, -0.1) is 0 Å². The molecule has 5 rings (SSSR count). The Labute approximate surface area is 297 Å². The molecular weight excluding hydrogens is 623 g/mol. The van der Waals surface area contributed by atoms with E-state index < -0.39 is 8.60 Å². The molecule has 3 atom stereocenters. The number of phenols is 1. The molecule has 1 heterocycles. The van der Waals surface area contributed by atoms with Crippen molar-refractivity contribution in [2.24, 2.45) is 0 Å². The summed E-state index contributed by atoms with van der Waals surface area (Å²) in [6.45, 7) is 28.8. The second-order valence-corrected chi connectivity index (χ2v) is 18.9. The van der Waals surface area contributed by atoms with Gasteiger partial charge in [-0.1, -0.05) is 175 Å². The first kappa shape index (κ1) is 37.1. The fourth-order valence-corrected chi connectivity index (χ4v) is 7.74. The highest BCUT2D eigenvalue weighted by Crippen LogP contribution is 2.61. The maximum atomic E-state index is 12.0. The lowest BCUT2D eigenvalue weighted by atomic mass is 9.74. The number of rotatable bonds is 6. The summed E-state index contributed by atoms with van der Waals surface area (Å²) in [5.41, 5.74) is 7.80. The first-order valence-electron chi connectivity index (χ1n) is 17.6. The zero-order chi connectivity index (χ0) is 36.1. The zero-order valence-electron chi connectivity index (χ0n) is 31.9. The molecule has 0 radical (unpaired) electrons. The summed E-state index contributed by atoms with van der Waals surface area (Å²) in [7, 11) is -1.78. The van der Waals surface area contributed by atoms with Gasteiger partial charge in [0.25, 0.3) is 0 Å². The van der Waals surface area contributed by atoms with Gasteiger partial charge in [0.15, 0.2) is 0 Å². The van der Waals surface area contributed by atoms with E-state index in [1.54, 1.807) is 0 Å². The van der Waals surface area contributed by atoms with Crippen molar-refractivity contribution in [2.45, 2.75) is 130 Å². The molecule has 0 aliphatic carbocycles. The van der Waals surface area contributed by atoms with Gasteiger partial charge in [-0.25, -0.2) is 0 Å². The Morgan fingerprint density at radius 2 is 0.980 bits per heavy atom. The summed E-state index contributed by atoms with van der Waals surface area (Å²) in [4.78, 5) is 0. The third-order valence-electron chi connectivity index (χ3n) is 9.63. The van der Waals surface area contributed by atoms with Crippen LogP contribution < -0.4 is 4.52 Å². The fourth-order valence-electron chi connectivity index (χ4n) is 6.42. The quantitative estimate of drug-likeness (QED) is 0.206. The SMILES string of the molecule is CC(c1cc(C(C)(C)C)cc(C(C)(C)C)c1O)c1cc(C(C)(C)C)cc(C(C)(C)C)c1OP1OC(c2ccccc2)C(c2ccccc2)O1. The van der Waals surface area contributed by atoms with Gasteiger partial charge < -0.3 is 9.63 Å². The Bertz CT molecular complexity index is 1700. The highest BCUT2D eigenvalue weighted by molar-refractivity contribution is 7.42. The first-order valence-corrected chi connectivity index (χ1v) is 18.7. The highest BCUT2D eigenvalue weighted by atomic mass is 31.2. The average Bonchev–Trinajstić information content (AvgIpc) is 3.43. The smallest absolute Gasteiger partial charge is 0.398 e. The van der Waals surface area contributed by atoms with Crippen molar-refractivity contribution in [3.63, 3.8) is 0 Å². The van der Waals surface area contributed by atoms with E-state index in [2.05, 4.69) is 139 Å². The average molecular weight is 681 g/mol. The number of phenolic OH excluding ortho intramolecular Hbond substituents is 1. The second-order valence-electron chi connectivity index (χ2n) is 17.8. The molecule has 3 unspecified atom stereocenters. The minimum absolute atomic E-state index is 0.0982. The van der Waals surface area contributed by atoms with E-state index in [1.807, 2.05) is 36.4 Å². The standard InChI is InChI=1S/C44H57O4P/c1-28(33-24-31(41(2,3)4)26-35(37(33)45)43(8,9)10)34-25-32(42(5,6)7)27-36(44(11,12)13)40(34)48-49-46-38(29-20-16-14-17-21-29)39(47-49)30-22-18-15-19-23-30/h14-28,38-39,45H,1-13H3. The van der Waals surface area contributed by atoms with Crippen LogP contribution in [0.3, 0.4) is 0 Å². The van der Waals surface area contributed by atoms with Gasteiger partial charge in [-0.3, -0.25) is 9.05 Å². The van der Waals surface area contributed by atoms with Crippen LogP contribution in [0.1, 0.15) is 153 Å². The van der Waals surface area contributed by atoms with Crippen molar-refractivity contribution in [3.8, 4) is 11.5 Å². The Kier molecular flexibility index (Phi) is 10.2. The van der Waals surface area contributed by atoms with Gasteiger partial charge in [0.2, 0.25) is 0 Å². The van der Waals surface area contributed by atoms with Gasteiger partial charge in [0.1, 0.15) is 23.7 Å². The Balaban J connectivity index is 1.70. The monoisotopic (exact) mass is 680 g/mol. The molecule has 0 aromatic heterocycles. The molecule has 1 aliphatic rings. The highest BCUT2D eigenvalue weighted by Gasteiger charge is 2.43. The van der Waals surface area contributed by atoms with E-state index in [1.165, 1.54) is 11.1 Å². The van der Waals surface area contributed by atoms with Crippen molar-refractivity contribution in [1.29, 1.82) is 0 Å². The van der Waals surface area contributed by atoms with Crippen LogP contribution in [-0.2, 0) is 30.7 Å². The van der Waals surface area contributed by atoms with E-state index >= 15 is 0 Å². The van der Waals surface area contributed by atoms with Gasteiger partial charge in [0.05, 0.1) is 0 Å². The number of aromatic hydroxyl groups is 1. The molecule has 0 saturated carbocycles. The van der Waals surface area contributed by atoms with E-state index in [0.29, 0.717) is 5.75 Å². The fraction of sp³-hybridized carbons (Fsp3) is 0.455. The topological polar surface area (TPSA) is 47.9 Å². The van der Waals surface area contributed by atoms with Crippen LogP contribution in [0.5, 0.6) is 11.5 Å². The van der Waals surface area contributed by atoms with Crippen molar-refractivity contribution in [1.82, 2.24) is 0 Å². The number of hydrogen-bond acceptors (Lipinski definition) is 4.